The Labute approximate surface area is 458 Å². The fourth-order valence-electron chi connectivity index (χ4n) is 11.7. The third kappa shape index (κ3) is 8.47. The molecule has 13 rings (SSSR count). The molecule has 0 fully saturated rings. The number of ether oxygens (including phenoxy) is 1. The van der Waals surface area contributed by atoms with Crippen molar-refractivity contribution in [1.82, 2.24) is 14.1 Å². The molecule has 0 saturated carbocycles. The van der Waals surface area contributed by atoms with Crippen molar-refractivity contribution >= 4 is 66.4 Å². The first-order valence-corrected chi connectivity index (χ1v) is 27.4. The van der Waals surface area contributed by atoms with Crippen LogP contribution in [0.3, 0.4) is 0 Å². The Morgan fingerprint density at radius 1 is 0.385 bits per heavy atom. The average Bonchev–Trinajstić information content (AvgIpc) is 4.34. The van der Waals surface area contributed by atoms with E-state index in [-0.39, 0.29) is 16.2 Å². The predicted octanol–water partition coefficient (Wildman–Crippen LogP) is 19.5. The van der Waals surface area contributed by atoms with Crippen molar-refractivity contribution in [3.8, 4) is 45.3 Å². The van der Waals surface area contributed by atoms with Gasteiger partial charge in [0.1, 0.15) is 24.0 Å². The largest absolute Gasteiger partial charge is 0.457 e. The second-order valence-electron chi connectivity index (χ2n) is 24.2. The van der Waals surface area contributed by atoms with Crippen molar-refractivity contribution in [3.63, 3.8) is 0 Å². The molecule has 6 nitrogen and oxygen atoms in total. The number of aromatic nitrogens is 3. The standard InChI is InChI=1S/C72H65N5O/c1-70(2,3)50-37-38-73-67(43-50)77-64-31-20-30-63(76-61-29-17-16-27-58(61)60-39-49(33-36-62(60)76)47-21-12-10-13-22-47)68(64)59-35-34-56(45-66(59)77)78-55-26-18-25-53(44-55)74-46-75(54-41-51(71(4,5)6)40-52(42-54)72(7,8)9)69-57(28-19-32-65(69)74)48-23-14-11-15-24-48/h10-45H,46H2,1-9H3. The summed E-state index contributed by atoms with van der Waals surface area (Å²) in [6, 6.07) is 77.3. The van der Waals surface area contributed by atoms with Crippen LogP contribution in [0.4, 0.5) is 22.7 Å². The first kappa shape index (κ1) is 48.8. The van der Waals surface area contributed by atoms with Crippen LogP contribution in [0.1, 0.15) is 79.0 Å². The Bertz CT molecular complexity index is 4240. The number of pyridine rings is 1. The number of hydrogen-bond donors (Lipinski definition) is 0. The minimum atomic E-state index is -0.0791. The zero-order chi connectivity index (χ0) is 53.7. The molecule has 0 aliphatic carbocycles. The van der Waals surface area contributed by atoms with Gasteiger partial charge in [-0.3, -0.25) is 4.57 Å². The molecule has 12 aromatic rings. The van der Waals surface area contributed by atoms with E-state index < -0.39 is 0 Å². The van der Waals surface area contributed by atoms with Gasteiger partial charge in [0.2, 0.25) is 0 Å². The molecule has 78 heavy (non-hydrogen) atoms. The van der Waals surface area contributed by atoms with Crippen LogP contribution in [-0.4, -0.2) is 20.8 Å². The van der Waals surface area contributed by atoms with Gasteiger partial charge in [0.05, 0.1) is 39.1 Å². The zero-order valence-corrected chi connectivity index (χ0v) is 46.1. The fraction of sp³-hybridized carbons (Fsp3) is 0.181. The molecular weight excluding hydrogens is 951 g/mol. The molecule has 0 bridgehead atoms. The summed E-state index contributed by atoms with van der Waals surface area (Å²) < 4.78 is 11.8. The molecule has 384 valence electrons. The highest BCUT2D eigenvalue weighted by Crippen LogP contribution is 2.51. The van der Waals surface area contributed by atoms with Crippen LogP contribution < -0.4 is 14.5 Å². The maximum absolute atomic E-state index is 7.04. The number of benzene rings is 9. The maximum atomic E-state index is 7.04. The van der Waals surface area contributed by atoms with Gasteiger partial charge in [-0.2, -0.15) is 0 Å². The number of fused-ring (bicyclic) bond motifs is 7. The predicted molar refractivity (Wildman–Crippen MR) is 328 cm³/mol. The monoisotopic (exact) mass is 1020 g/mol. The van der Waals surface area contributed by atoms with E-state index in [9.17, 15) is 0 Å². The van der Waals surface area contributed by atoms with Gasteiger partial charge in [-0.15, -0.1) is 0 Å². The molecule has 1 aliphatic heterocycles. The third-order valence-electron chi connectivity index (χ3n) is 15.9. The van der Waals surface area contributed by atoms with E-state index in [2.05, 4.69) is 294 Å². The molecule has 0 unspecified atom stereocenters. The molecular formula is C72H65N5O. The van der Waals surface area contributed by atoms with Crippen LogP contribution in [0.15, 0.2) is 219 Å². The third-order valence-corrected chi connectivity index (χ3v) is 15.9. The van der Waals surface area contributed by atoms with E-state index in [0.29, 0.717) is 6.67 Å². The number of anilines is 4. The average molecular weight is 1020 g/mol. The molecule has 9 aromatic carbocycles. The van der Waals surface area contributed by atoms with Crippen LogP contribution >= 0.6 is 0 Å². The van der Waals surface area contributed by atoms with Gasteiger partial charge in [0.15, 0.2) is 0 Å². The van der Waals surface area contributed by atoms with Crippen molar-refractivity contribution < 1.29 is 4.74 Å². The van der Waals surface area contributed by atoms with E-state index >= 15 is 0 Å². The van der Waals surface area contributed by atoms with Crippen molar-refractivity contribution in [2.24, 2.45) is 0 Å². The number of para-hydroxylation sites is 2. The van der Waals surface area contributed by atoms with Crippen LogP contribution in [-0.2, 0) is 16.2 Å². The normalized spacial score (nSPS) is 13.1. The van der Waals surface area contributed by atoms with E-state index in [0.717, 1.165) is 67.2 Å². The summed E-state index contributed by atoms with van der Waals surface area (Å²) in [6.07, 6.45) is 1.95. The lowest BCUT2D eigenvalue weighted by molar-refractivity contribution is 0.483. The molecule has 4 heterocycles. The summed E-state index contributed by atoms with van der Waals surface area (Å²) in [5.41, 5.74) is 18.6. The molecule has 3 aromatic heterocycles. The van der Waals surface area contributed by atoms with Crippen molar-refractivity contribution in [2.45, 2.75) is 78.6 Å². The highest BCUT2D eigenvalue weighted by Gasteiger charge is 2.33. The van der Waals surface area contributed by atoms with Crippen molar-refractivity contribution in [3.05, 3.63) is 235 Å². The smallest absolute Gasteiger partial charge is 0.137 e. The van der Waals surface area contributed by atoms with Gasteiger partial charge >= 0.3 is 0 Å². The molecule has 0 saturated heterocycles. The molecule has 0 spiro atoms. The molecule has 1 aliphatic rings. The highest BCUT2D eigenvalue weighted by molar-refractivity contribution is 6.17. The summed E-state index contributed by atoms with van der Waals surface area (Å²) in [6.45, 7) is 21.3. The van der Waals surface area contributed by atoms with Crippen molar-refractivity contribution in [1.29, 1.82) is 0 Å². The Balaban J connectivity index is 0.942. The molecule has 0 radical (unpaired) electrons. The lowest BCUT2D eigenvalue weighted by Gasteiger charge is -2.30. The van der Waals surface area contributed by atoms with E-state index in [4.69, 9.17) is 9.72 Å². The minimum absolute atomic E-state index is 0.0321. The fourth-order valence-corrected chi connectivity index (χ4v) is 11.7. The van der Waals surface area contributed by atoms with Crippen LogP contribution in [0, 0.1) is 0 Å². The van der Waals surface area contributed by atoms with E-state index in [1.807, 2.05) is 6.20 Å². The molecule has 0 amide bonds. The summed E-state index contributed by atoms with van der Waals surface area (Å²) in [5.74, 6) is 2.36. The topological polar surface area (TPSA) is 38.5 Å². The van der Waals surface area contributed by atoms with Crippen LogP contribution in [0.2, 0.25) is 0 Å². The Kier molecular flexibility index (Phi) is 11.5. The van der Waals surface area contributed by atoms with Crippen molar-refractivity contribution in [2.75, 3.05) is 16.5 Å². The second-order valence-corrected chi connectivity index (χ2v) is 24.2. The summed E-state index contributed by atoms with van der Waals surface area (Å²) in [5, 5.41) is 4.70. The first-order chi connectivity index (χ1) is 37.6. The Morgan fingerprint density at radius 2 is 1.03 bits per heavy atom. The van der Waals surface area contributed by atoms with Gasteiger partial charge in [0, 0.05) is 56.8 Å². The quantitative estimate of drug-likeness (QED) is 0.152. The SMILES string of the molecule is CC(C)(C)c1cc(N2CN(c3cccc(Oc4ccc5c6c(-n7c8ccccc8c8cc(-c9ccccc9)ccc87)cccc6n(-c6cc(C(C)(C)C)ccn6)c5c4)c3)c3cccc(-c4ccccc4)c32)cc(C(C)(C)C)c1. The van der Waals surface area contributed by atoms with Crippen LogP contribution in [0.5, 0.6) is 11.5 Å². The first-order valence-electron chi connectivity index (χ1n) is 27.4. The van der Waals surface area contributed by atoms with Gasteiger partial charge in [0.25, 0.3) is 0 Å². The van der Waals surface area contributed by atoms with Gasteiger partial charge in [-0.1, -0.05) is 178 Å². The van der Waals surface area contributed by atoms with Gasteiger partial charge in [-0.05, 0) is 135 Å². The molecule has 0 atom stereocenters. The maximum Gasteiger partial charge on any atom is 0.137 e. The summed E-state index contributed by atoms with van der Waals surface area (Å²) >= 11 is 0. The highest BCUT2D eigenvalue weighted by atomic mass is 16.5. The van der Waals surface area contributed by atoms with E-state index in [1.165, 1.54) is 61.1 Å². The molecule has 6 heteroatoms. The van der Waals surface area contributed by atoms with E-state index in [1.54, 1.807) is 0 Å². The lowest BCUT2D eigenvalue weighted by atomic mass is 9.80. The Morgan fingerprint density at radius 3 is 1.77 bits per heavy atom. The number of hydrogen-bond acceptors (Lipinski definition) is 4. The molecule has 0 N–H and O–H groups in total. The summed E-state index contributed by atoms with van der Waals surface area (Å²) in [4.78, 5) is 10.1. The number of nitrogens with zero attached hydrogens (tertiary/aromatic N) is 5. The minimum Gasteiger partial charge on any atom is -0.457 e. The Hall–Kier alpha value is -8.87. The summed E-state index contributed by atoms with van der Waals surface area (Å²) in [7, 11) is 0. The number of rotatable bonds is 8. The van der Waals surface area contributed by atoms with Gasteiger partial charge in [-0.25, -0.2) is 4.98 Å². The van der Waals surface area contributed by atoms with Crippen LogP contribution in [0.25, 0.3) is 77.4 Å². The lowest BCUT2D eigenvalue weighted by Crippen LogP contribution is -2.25. The van der Waals surface area contributed by atoms with Gasteiger partial charge < -0.3 is 19.1 Å². The zero-order valence-electron chi connectivity index (χ0n) is 46.1. The second kappa shape index (κ2) is 18.4.